The van der Waals surface area contributed by atoms with Gasteiger partial charge in [-0.3, -0.25) is 4.79 Å². The van der Waals surface area contributed by atoms with E-state index in [1.807, 2.05) is 42.6 Å². The molecule has 1 saturated heterocycles. The summed E-state index contributed by atoms with van der Waals surface area (Å²) in [7, 11) is 0. The summed E-state index contributed by atoms with van der Waals surface area (Å²) in [4.78, 5) is 18.6. The Morgan fingerprint density at radius 3 is 2.75 bits per heavy atom. The van der Waals surface area contributed by atoms with Crippen molar-refractivity contribution in [1.82, 2.24) is 10.3 Å². The second-order valence-electron chi connectivity index (χ2n) is 5.90. The zero-order chi connectivity index (χ0) is 16.6. The molecule has 5 nitrogen and oxygen atoms in total. The van der Waals surface area contributed by atoms with Gasteiger partial charge in [-0.1, -0.05) is 18.2 Å². The van der Waals surface area contributed by atoms with Crippen LogP contribution in [0, 0.1) is 0 Å². The molecule has 1 fully saturated rings. The van der Waals surface area contributed by atoms with Gasteiger partial charge in [-0.2, -0.15) is 0 Å². The number of ether oxygens (including phenoxy) is 1. The van der Waals surface area contributed by atoms with Crippen molar-refractivity contribution in [2.45, 2.75) is 25.8 Å². The Labute approximate surface area is 142 Å². The summed E-state index contributed by atoms with van der Waals surface area (Å²) >= 11 is 0. The first-order valence-electron chi connectivity index (χ1n) is 8.46. The van der Waals surface area contributed by atoms with Gasteiger partial charge in [0.1, 0.15) is 11.6 Å². The number of hydrogen-bond acceptors (Lipinski definition) is 4. The van der Waals surface area contributed by atoms with Crippen molar-refractivity contribution in [3.63, 3.8) is 0 Å². The summed E-state index contributed by atoms with van der Waals surface area (Å²) in [6, 6.07) is 13.5. The van der Waals surface area contributed by atoms with Gasteiger partial charge in [0.25, 0.3) is 0 Å². The van der Waals surface area contributed by atoms with E-state index in [2.05, 4.69) is 21.3 Å². The van der Waals surface area contributed by atoms with Crippen molar-refractivity contribution in [2.75, 3.05) is 24.6 Å². The van der Waals surface area contributed by atoms with Crippen LogP contribution < -0.4 is 15.0 Å². The number of benzene rings is 1. The van der Waals surface area contributed by atoms with Crippen LogP contribution in [0.1, 0.15) is 24.8 Å². The minimum absolute atomic E-state index is 0.00883. The Balaban J connectivity index is 1.42. The molecule has 126 valence electrons. The van der Waals surface area contributed by atoms with Gasteiger partial charge in [0, 0.05) is 25.8 Å². The quantitative estimate of drug-likeness (QED) is 0.850. The molecule has 0 spiro atoms. The summed E-state index contributed by atoms with van der Waals surface area (Å²) in [6.45, 7) is 3.04. The second kappa shape index (κ2) is 8.34. The number of rotatable bonds is 7. The molecule has 1 aromatic heterocycles. The molecular weight excluding hydrogens is 302 g/mol. The fourth-order valence-electron chi connectivity index (χ4n) is 2.76. The molecule has 0 unspecified atom stereocenters. The summed E-state index contributed by atoms with van der Waals surface area (Å²) in [6.07, 6.45) is 4.61. The van der Waals surface area contributed by atoms with Crippen molar-refractivity contribution in [2.24, 2.45) is 0 Å². The Morgan fingerprint density at radius 2 is 1.96 bits per heavy atom. The third kappa shape index (κ3) is 4.72. The molecule has 1 N–H and O–H groups in total. The lowest BCUT2D eigenvalue weighted by molar-refractivity contribution is -0.121. The summed E-state index contributed by atoms with van der Waals surface area (Å²) < 4.78 is 5.54. The molecule has 0 bridgehead atoms. The number of anilines is 1. The molecule has 2 heterocycles. The number of carbonyl (C=O) groups excluding carboxylic acids is 1. The molecule has 24 heavy (non-hydrogen) atoms. The van der Waals surface area contributed by atoms with Crippen LogP contribution >= 0.6 is 0 Å². The van der Waals surface area contributed by atoms with Gasteiger partial charge < -0.3 is 15.0 Å². The first-order chi connectivity index (χ1) is 11.8. The predicted octanol–water partition coefficient (Wildman–Crippen LogP) is 2.77. The van der Waals surface area contributed by atoms with Crippen molar-refractivity contribution < 1.29 is 9.53 Å². The number of pyridine rings is 1. The van der Waals surface area contributed by atoms with Crippen LogP contribution in [0.2, 0.25) is 0 Å². The SMILES string of the molecule is O=C(CCOc1ccccc1)NCc1ccnc(N2CCCC2)c1. The predicted molar refractivity (Wildman–Crippen MR) is 94.1 cm³/mol. The molecule has 0 atom stereocenters. The molecule has 3 rings (SSSR count). The van der Waals surface area contributed by atoms with Crippen LogP contribution in [-0.2, 0) is 11.3 Å². The number of nitrogens with zero attached hydrogens (tertiary/aromatic N) is 2. The molecule has 2 aromatic rings. The minimum atomic E-state index is -0.00883. The number of para-hydroxylation sites is 1. The van der Waals surface area contributed by atoms with E-state index < -0.39 is 0 Å². The Hall–Kier alpha value is -2.56. The van der Waals surface area contributed by atoms with E-state index in [0.717, 1.165) is 30.2 Å². The number of hydrogen-bond donors (Lipinski definition) is 1. The maximum atomic E-state index is 11.9. The first-order valence-corrected chi connectivity index (χ1v) is 8.46. The average Bonchev–Trinajstić information content (AvgIpc) is 3.16. The molecule has 1 aliphatic rings. The standard InChI is InChI=1S/C19H23N3O2/c23-19(9-13-24-17-6-2-1-3-7-17)21-15-16-8-10-20-18(14-16)22-11-4-5-12-22/h1-3,6-8,10,14H,4-5,9,11-13,15H2,(H,21,23). The highest BCUT2D eigenvalue weighted by Crippen LogP contribution is 2.18. The van der Waals surface area contributed by atoms with Gasteiger partial charge in [-0.15, -0.1) is 0 Å². The highest BCUT2D eigenvalue weighted by molar-refractivity contribution is 5.76. The van der Waals surface area contributed by atoms with Gasteiger partial charge in [-0.05, 0) is 42.7 Å². The molecular formula is C19H23N3O2. The van der Waals surface area contributed by atoms with E-state index in [4.69, 9.17) is 4.74 Å². The van der Waals surface area contributed by atoms with Gasteiger partial charge in [0.05, 0.1) is 13.0 Å². The van der Waals surface area contributed by atoms with E-state index in [-0.39, 0.29) is 5.91 Å². The Bertz CT molecular complexity index is 655. The summed E-state index contributed by atoms with van der Waals surface area (Å²) in [5.74, 6) is 1.78. The largest absolute Gasteiger partial charge is 0.493 e. The fraction of sp³-hybridized carbons (Fsp3) is 0.368. The highest BCUT2D eigenvalue weighted by atomic mass is 16.5. The Kier molecular flexibility index (Phi) is 5.66. The molecule has 0 radical (unpaired) electrons. The van der Waals surface area contributed by atoms with Gasteiger partial charge >= 0.3 is 0 Å². The number of nitrogens with one attached hydrogen (secondary N) is 1. The van der Waals surface area contributed by atoms with E-state index in [1.54, 1.807) is 0 Å². The topological polar surface area (TPSA) is 54.5 Å². The monoisotopic (exact) mass is 325 g/mol. The van der Waals surface area contributed by atoms with Crippen LogP contribution in [0.15, 0.2) is 48.7 Å². The van der Waals surface area contributed by atoms with Crippen molar-refractivity contribution in [3.05, 3.63) is 54.2 Å². The van der Waals surface area contributed by atoms with Crippen molar-refractivity contribution in [1.29, 1.82) is 0 Å². The van der Waals surface area contributed by atoms with E-state index in [0.29, 0.717) is 19.6 Å². The average molecular weight is 325 g/mol. The van der Waals surface area contributed by atoms with E-state index in [1.165, 1.54) is 12.8 Å². The highest BCUT2D eigenvalue weighted by Gasteiger charge is 2.13. The van der Waals surface area contributed by atoms with Crippen LogP contribution in [0.5, 0.6) is 5.75 Å². The maximum absolute atomic E-state index is 11.9. The van der Waals surface area contributed by atoms with E-state index in [9.17, 15) is 4.79 Å². The normalized spacial score (nSPS) is 13.8. The summed E-state index contributed by atoms with van der Waals surface area (Å²) in [5, 5.41) is 2.94. The van der Waals surface area contributed by atoms with E-state index >= 15 is 0 Å². The number of carbonyl (C=O) groups is 1. The van der Waals surface area contributed by atoms with Crippen molar-refractivity contribution in [3.8, 4) is 5.75 Å². The molecule has 0 aliphatic carbocycles. The third-order valence-corrected chi connectivity index (χ3v) is 4.07. The maximum Gasteiger partial charge on any atom is 0.223 e. The molecule has 5 heteroatoms. The second-order valence-corrected chi connectivity index (χ2v) is 5.90. The van der Waals surface area contributed by atoms with Crippen LogP contribution in [0.3, 0.4) is 0 Å². The molecule has 0 saturated carbocycles. The molecule has 1 aliphatic heterocycles. The first kappa shape index (κ1) is 16.3. The van der Waals surface area contributed by atoms with Gasteiger partial charge in [0.2, 0.25) is 5.91 Å². The van der Waals surface area contributed by atoms with Crippen LogP contribution in [0.4, 0.5) is 5.82 Å². The Morgan fingerprint density at radius 1 is 1.17 bits per heavy atom. The lowest BCUT2D eigenvalue weighted by atomic mass is 10.2. The van der Waals surface area contributed by atoms with Gasteiger partial charge in [-0.25, -0.2) is 4.98 Å². The molecule has 1 aromatic carbocycles. The smallest absolute Gasteiger partial charge is 0.223 e. The minimum Gasteiger partial charge on any atom is -0.493 e. The zero-order valence-corrected chi connectivity index (χ0v) is 13.8. The van der Waals surface area contributed by atoms with Crippen LogP contribution in [0.25, 0.3) is 0 Å². The van der Waals surface area contributed by atoms with Gasteiger partial charge in [0.15, 0.2) is 0 Å². The lowest BCUT2D eigenvalue weighted by Crippen LogP contribution is -2.25. The zero-order valence-electron chi connectivity index (χ0n) is 13.8. The lowest BCUT2D eigenvalue weighted by Gasteiger charge is -2.17. The fourth-order valence-corrected chi connectivity index (χ4v) is 2.76. The number of aromatic nitrogens is 1. The molecule has 1 amide bonds. The third-order valence-electron chi connectivity index (χ3n) is 4.07. The summed E-state index contributed by atoms with van der Waals surface area (Å²) in [5.41, 5.74) is 1.07. The van der Waals surface area contributed by atoms with Crippen LogP contribution in [-0.4, -0.2) is 30.6 Å². The van der Waals surface area contributed by atoms with Crippen molar-refractivity contribution >= 4 is 11.7 Å². The number of amides is 1.